The summed E-state index contributed by atoms with van der Waals surface area (Å²) in [7, 11) is 0. The maximum absolute atomic E-state index is 5.35. The molecule has 4 heteroatoms. The summed E-state index contributed by atoms with van der Waals surface area (Å²) in [6.45, 7) is 0.585. The van der Waals surface area contributed by atoms with E-state index in [2.05, 4.69) is 27.0 Å². The van der Waals surface area contributed by atoms with Crippen LogP contribution in [-0.4, -0.2) is 21.7 Å². The summed E-state index contributed by atoms with van der Waals surface area (Å²) >= 11 is 0. The van der Waals surface area contributed by atoms with Crippen molar-refractivity contribution in [1.82, 2.24) is 15.2 Å². The molecule has 3 N–H and O–H groups in total. The Morgan fingerprint density at radius 3 is 3.14 bits per heavy atom. The van der Waals surface area contributed by atoms with Crippen LogP contribution in [0.15, 0.2) is 18.6 Å². The Hall–Kier alpha value is -1.86. The van der Waals surface area contributed by atoms with Crippen LogP contribution in [0.1, 0.15) is 12.0 Å². The molecule has 0 bridgehead atoms. The van der Waals surface area contributed by atoms with E-state index < -0.39 is 0 Å². The summed E-state index contributed by atoms with van der Waals surface area (Å²) in [6, 6.07) is 0. The van der Waals surface area contributed by atoms with Crippen LogP contribution in [0, 0.1) is 11.8 Å². The zero-order chi connectivity index (χ0) is 9.80. The minimum Gasteiger partial charge on any atom is -0.330 e. The van der Waals surface area contributed by atoms with Crippen LogP contribution in [0.4, 0.5) is 0 Å². The Bertz CT molecular complexity index is 489. The molecule has 0 unspecified atom stereocenters. The van der Waals surface area contributed by atoms with Gasteiger partial charge in [0.25, 0.3) is 0 Å². The molecule has 0 radical (unpaired) electrons. The first-order chi connectivity index (χ1) is 6.92. The lowest BCUT2D eigenvalue weighted by Gasteiger charge is -1.90. The quantitative estimate of drug-likeness (QED) is 0.643. The van der Waals surface area contributed by atoms with Gasteiger partial charge in [0, 0.05) is 24.5 Å². The van der Waals surface area contributed by atoms with Crippen LogP contribution in [0.5, 0.6) is 0 Å². The highest BCUT2D eigenvalue weighted by Crippen LogP contribution is 2.12. The molecule has 0 aliphatic heterocycles. The lowest BCUT2D eigenvalue weighted by atomic mass is 10.2. The topological polar surface area (TPSA) is 67.6 Å². The number of fused-ring (bicyclic) bond motifs is 1. The fraction of sp³-hybridized carbons (Fsp3) is 0.200. The van der Waals surface area contributed by atoms with Crippen LogP contribution >= 0.6 is 0 Å². The first-order valence-corrected chi connectivity index (χ1v) is 4.38. The molecule has 0 aromatic carbocycles. The van der Waals surface area contributed by atoms with Gasteiger partial charge < -0.3 is 5.73 Å². The van der Waals surface area contributed by atoms with E-state index in [9.17, 15) is 0 Å². The van der Waals surface area contributed by atoms with Crippen LogP contribution in [0.25, 0.3) is 10.9 Å². The minimum atomic E-state index is 0.585. The molecule has 0 saturated heterocycles. The highest BCUT2D eigenvalue weighted by Gasteiger charge is 1.99. The van der Waals surface area contributed by atoms with E-state index in [1.165, 1.54) is 0 Å². The first kappa shape index (κ1) is 8.73. The third-order valence-corrected chi connectivity index (χ3v) is 1.86. The number of aromatic amines is 1. The number of aromatic nitrogens is 3. The van der Waals surface area contributed by atoms with Gasteiger partial charge in [-0.25, -0.2) is 0 Å². The number of nitrogens with one attached hydrogen (secondary N) is 1. The molecule has 2 aromatic heterocycles. The van der Waals surface area contributed by atoms with Gasteiger partial charge in [0.2, 0.25) is 0 Å². The van der Waals surface area contributed by atoms with Crippen molar-refractivity contribution in [3.63, 3.8) is 0 Å². The molecule has 0 fully saturated rings. The Morgan fingerprint density at radius 2 is 2.29 bits per heavy atom. The van der Waals surface area contributed by atoms with E-state index >= 15 is 0 Å². The Kier molecular flexibility index (Phi) is 2.43. The van der Waals surface area contributed by atoms with Gasteiger partial charge >= 0.3 is 0 Å². The van der Waals surface area contributed by atoms with Crippen LogP contribution in [0.2, 0.25) is 0 Å². The SMILES string of the molecule is NCCC#Cc1cncc2[nH]ncc12. The third kappa shape index (κ3) is 1.58. The second-order valence-electron chi connectivity index (χ2n) is 2.86. The van der Waals surface area contributed by atoms with Crippen molar-refractivity contribution in [3.8, 4) is 11.8 Å². The summed E-state index contributed by atoms with van der Waals surface area (Å²) in [5, 5.41) is 7.78. The van der Waals surface area contributed by atoms with Gasteiger partial charge in [-0.3, -0.25) is 10.1 Å². The number of rotatable bonds is 1. The number of nitrogens with two attached hydrogens (primary N) is 1. The van der Waals surface area contributed by atoms with Gasteiger partial charge in [-0.15, -0.1) is 0 Å². The first-order valence-electron chi connectivity index (χ1n) is 4.38. The maximum atomic E-state index is 5.35. The zero-order valence-electron chi connectivity index (χ0n) is 7.62. The molecule has 0 atom stereocenters. The molecule has 0 aliphatic rings. The number of hydrogen-bond acceptors (Lipinski definition) is 3. The summed E-state index contributed by atoms with van der Waals surface area (Å²) in [5.74, 6) is 6.00. The largest absolute Gasteiger partial charge is 0.330 e. The number of nitrogens with zero attached hydrogens (tertiary/aromatic N) is 2. The van der Waals surface area contributed by atoms with Crippen molar-refractivity contribution >= 4 is 10.9 Å². The molecule has 4 nitrogen and oxygen atoms in total. The lowest BCUT2D eigenvalue weighted by Crippen LogP contribution is -1.95. The van der Waals surface area contributed by atoms with E-state index in [0.717, 1.165) is 16.5 Å². The normalized spacial score (nSPS) is 9.79. The van der Waals surface area contributed by atoms with Gasteiger partial charge in [-0.05, 0) is 0 Å². The van der Waals surface area contributed by atoms with Crippen molar-refractivity contribution in [2.45, 2.75) is 6.42 Å². The highest BCUT2D eigenvalue weighted by atomic mass is 15.1. The van der Waals surface area contributed by atoms with Crippen LogP contribution in [0.3, 0.4) is 0 Å². The van der Waals surface area contributed by atoms with Crippen LogP contribution in [-0.2, 0) is 0 Å². The summed E-state index contributed by atoms with van der Waals surface area (Å²) in [5.41, 5.74) is 7.15. The fourth-order valence-corrected chi connectivity index (χ4v) is 1.19. The molecular formula is C10H10N4. The molecule has 70 valence electrons. The predicted octanol–water partition coefficient (Wildman–Crippen LogP) is 0.658. The molecule has 14 heavy (non-hydrogen) atoms. The number of hydrogen-bond donors (Lipinski definition) is 2. The average molecular weight is 186 g/mol. The van der Waals surface area contributed by atoms with Gasteiger partial charge in [-0.2, -0.15) is 5.10 Å². The number of H-pyrrole nitrogens is 1. The van der Waals surface area contributed by atoms with Crippen LogP contribution < -0.4 is 5.73 Å². The van der Waals surface area contributed by atoms with Gasteiger partial charge in [0.15, 0.2) is 0 Å². The van der Waals surface area contributed by atoms with Crippen molar-refractivity contribution in [3.05, 3.63) is 24.2 Å². The minimum absolute atomic E-state index is 0.585. The van der Waals surface area contributed by atoms with Crippen molar-refractivity contribution < 1.29 is 0 Å². The second kappa shape index (κ2) is 3.90. The summed E-state index contributed by atoms with van der Waals surface area (Å²) in [4.78, 5) is 4.06. The molecule has 0 amide bonds. The standard InChI is InChI=1S/C10H10N4/c11-4-2-1-3-8-5-12-7-10-9(8)6-13-14-10/h5-7H,2,4,11H2,(H,13,14). The highest BCUT2D eigenvalue weighted by molar-refractivity contribution is 5.83. The molecule has 2 aromatic rings. The van der Waals surface area contributed by atoms with Crippen molar-refractivity contribution in [1.29, 1.82) is 0 Å². The van der Waals surface area contributed by atoms with E-state index in [1.807, 2.05) is 0 Å². The molecule has 0 spiro atoms. The Labute approximate surface area is 81.5 Å². The fourth-order valence-electron chi connectivity index (χ4n) is 1.19. The Morgan fingerprint density at radius 1 is 1.36 bits per heavy atom. The predicted molar refractivity (Wildman–Crippen MR) is 54.4 cm³/mol. The Balaban J connectivity index is 2.43. The zero-order valence-corrected chi connectivity index (χ0v) is 7.62. The van der Waals surface area contributed by atoms with E-state index in [1.54, 1.807) is 18.6 Å². The van der Waals surface area contributed by atoms with Gasteiger partial charge in [0.05, 0.1) is 23.5 Å². The molecule has 2 rings (SSSR count). The smallest absolute Gasteiger partial charge is 0.0846 e. The molecule has 0 aliphatic carbocycles. The summed E-state index contributed by atoms with van der Waals surface area (Å²) < 4.78 is 0. The van der Waals surface area contributed by atoms with E-state index in [-0.39, 0.29) is 0 Å². The third-order valence-electron chi connectivity index (χ3n) is 1.86. The van der Waals surface area contributed by atoms with Crippen molar-refractivity contribution in [2.24, 2.45) is 5.73 Å². The second-order valence-corrected chi connectivity index (χ2v) is 2.86. The number of pyridine rings is 1. The average Bonchev–Trinajstić information content (AvgIpc) is 2.67. The monoisotopic (exact) mass is 186 g/mol. The molecular weight excluding hydrogens is 176 g/mol. The van der Waals surface area contributed by atoms with Crippen molar-refractivity contribution in [2.75, 3.05) is 6.54 Å². The van der Waals surface area contributed by atoms with Gasteiger partial charge in [-0.1, -0.05) is 11.8 Å². The van der Waals surface area contributed by atoms with Gasteiger partial charge in [0.1, 0.15) is 0 Å². The molecule has 2 heterocycles. The lowest BCUT2D eigenvalue weighted by molar-refractivity contribution is 1.03. The van der Waals surface area contributed by atoms with E-state index in [4.69, 9.17) is 5.73 Å². The summed E-state index contributed by atoms with van der Waals surface area (Å²) in [6.07, 6.45) is 5.93. The maximum Gasteiger partial charge on any atom is 0.0846 e. The van der Waals surface area contributed by atoms with E-state index in [0.29, 0.717) is 13.0 Å². The molecule has 0 saturated carbocycles.